The number of hydrogen-bond acceptors (Lipinski definition) is 2. The number of amides is 2. The zero-order chi connectivity index (χ0) is 13.0. The van der Waals surface area contributed by atoms with E-state index in [0.717, 1.165) is 11.1 Å². The lowest BCUT2D eigenvalue weighted by Gasteiger charge is -2.12. The fourth-order valence-corrected chi connectivity index (χ4v) is 1.29. The molecule has 3 N–H and O–H groups in total. The summed E-state index contributed by atoms with van der Waals surface area (Å²) in [6.45, 7) is 5.20. The molecule has 1 unspecified atom stereocenters. The molecule has 0 fully saturated rings. The molecular weight excluding hydrogens is 220 g/mol. The average Bonchev–Trinajstić information content (AvgIpc) is 2.23. The van der Waals surface area contributed by atoms with Gasteiger partial charge in [0.2, 0.25) is 0 Å². The molecule has 92 valence electrons. The van der Waals surface area contributed by atoms with Crippen molar-refractivity contribution in [1.29, 1.82) is 0 Å². The van der Waals surface area contributed by atoms with Crippen molar-refractivity contribution in [1.82, 2.24) is 5.32 Å². The number of rotatable bonds is 3. The third kappa shape index (κ3) is 3.79. The van der Waals surface area contributed by atoms with E-state index in [2.05, 4.69) is 10.6 Å². The summed E-state index contributed by atoms with van der Waals surface area (Å²) in [4.78, 5) is 22.1. The summed E-state index contributed by atoms with van der Waals surface area (Å²) < 4.78 is 0. The highest BCUT2D eigenvalue weighted by atomic mass is 16.4. The molecule has 5 heteroatoms. The molecule has 0 heterocycles. The molecule has 1 aromatic rings. The number of aryl methyl sites for hydroxylation is 2. The Morgan fingerprint density at radius 3 is 2.53 bits per heavy atom. The molecule has 0 saturated carbocycles. The summed E-state index contributed by atoms with van der Waals surface area (Å²) >= 11 is 0. The zero-order valence-corrected chi connectivity index (χ0v) is 10.1. The van der Waals surface area contributed by atoms with Gasteiger partial charge in [0, 0.05) is 5.69 Å². The van der Waals surface area contributed by atoms with Gasteiger partial charge in [0.05, 0.1) is 0 Å². The molecule has 2 amide bonds. The smallest absolute Gasteiger partial charge is 0.325 e. The van der Waals surface area contributed by atoms with Gasteiger partial charge < -0.3 is 15.7 Å². The van der Waals surface area contributed by atoms with E-state index in [1.807, 2.05) is 32.0 Å². The summed E-state index contributed by atoms with van der Waals surface area (Å²) in [6.07, 6.45) is 0. The molecule has 0 aliphatic rings. The normalized spacial score (nSPS) is 11.7. The van der Waals surface area contributed by atoms with Crippen LogP contribution in [0.25, 0.3) is 0 Å². The Bertz CT molecular complexity index is 443. The number of nitrogens with one attached hydrogen (secondary N) is 2. The first kappa shape index (κ1) is 13.0. The van der Waals surface area contributed by atoms with Gasteiger partial charge in [-0.25, -0.2) is 4.79 Å². The zero-order valence-electron chi connectivity index (χ0n) is 10.1. The molecule has 17 heavy (non-hydrogen) atoms. The number of carbonyl (C=O) groups is 2. The minimum atomic E-state index is -1.07. The molecule has 0 aromatic heterocycles. The quantitative estimate of drug-likeness (QED) is 0.750. The second-order valence-electron chi connectivity index (χ2n) is 3.98. The van der Waals surface area contributed by atoms with Crippen LogP contribution in [0.15, 0.2) is 18.2 Å². The second-order valence-corrected chi connectivity index (χ2v) is 3.98. The van der Waals surface area contributed by atoms with Crippen LogP contribution in [-0.2, 0) is 4.79 Å². The molecule has 1 atom stereocenters. The monoisotopic (exact) mass is 236 g/mol. The molecule has 0 radical (unpaired) electrons. The van der Waals surface area contributed by atoms with E-state index in [1.165, 1.54) is 6.92 Å². The van der Waals surface area contributed by atoms with Crippen LogP contribution in [0.4, 0.5) is 10.5 Å². The number of carboxylic acid groups (broad SMARTS) is 1. The third-order valence-electron chi connectivity index (χ3n) is 2.36. The number of urea groups is 1. The SMILES string of the molecule is Cc1ccc(C)c(NC(=O)NC(C)C(=O)O)c1. The highest BCUT2D eigenvalue weighted by Gasteiger charge is 2.14. The van der Waals surface area contributed by atoms with Crippen LogP contribution in [-0.4, -0.2) is 23.1 Å². The lowest BCUT2D eigenvalue weighted by molar-refractivity contribution is -0.138. The second kappa shape index (κ2) is 5.34. The fraction of sp³-hybridized carbons (Fsp3) is 0.333. The van der Waals surface area contributed by atoms with Gasteiger partial charge in [-0.1, -0.05) is 12.1 Å². The maximum atomic E-state index is 11.5. The number of carbonyl (C=O) groups excluding carboxylic acids is 1. The van der Waals surface area contributed by atoms with Gasteiger partial charge in [-0.2, -0.15) is 0 Å². The van der Waals surface area contributed by atoms with Crippen LogP contribution in [0.3, 0.4) is 0 Å². The number of benzene rings is 1. The van der Waals surface area contributed by atoms with Crippen LogP contribution >= 0.6 is 0 Å². The van der Waals surface area contributed by atoms with Gasteiger partial charge in [-0.15, -0.1) is 0 Å². The van der Waals surface area contributed by atoms with E-state index < -0.39 is 18.0 Å². The van der Waals surface area contributed by atoms with Crippen molar-refractivity contribution in [3.8, 4) is 0 Å². The van der Waals surface area contributed by atoms with E-state index in [-0.39, 0.29) is 0 Å². The number of anilines is 1. The standard InChI is InChI=1S/C12H16N2O3/c1-7-4-5-8(2)10(6-7)14-12(17)13-9(3)11(15)16/h4-6,9H,1-3H3,(H,15,16)(H2,13,14,17). The molecule has 0 bridgehead atoms. The molecule has 0 spiro atoms. The predicted molar refractivity (Wildman–Crippen MR) is 65.2 cm³/mol. The topological polar surface area (TPSA) is 78.4 Å². The minimum absolute atomic E-state index is 0.520. The van der Waals surface area contributed by atoms with Gasteiger partial charge >= 0.3 is 12.0 Å². The van der Waals surface area contributed by atoms with Crippen molar-refractivity contribution in [2.45, 2.75) is 26.8 Å². The van der Waals surface area contributed by atoms with Gasteiger partial charge in [-0.3, -0.25) is 4.79 Å². The van der Waals surface area contributed by atoms with Crippen molar-refractivity contribution in [2.75, 3.05) is 5.32 Å². The maximum Gasteiger partial charge on any atom is 0.325 e. The van der Waals surface area contributed by atoms with Crippen LogP contribution in [0, 0.1) is 13.8 Å². The number of carboxylic acids is 1. The van der Waals surface area contributed by atoms with Gasteiger partial charge in [0.1, 0.15) is 6.04 Å². The molecular formula is C12H16N2O3. The van der Waals surface area contributed by atoms with Crippen molar-refractivity contribution in [3.63, 3.8) is 0 Å². The summed E-state index contributed by atoms with van der Waals surface area (Å²) in [6, 6.07) is 4.23. The third-order valence-corrected chi connectivity index (χ3v) is 2.36. The van der Waals surface area contributed by atoms with Crippen LogP contribution in [0.5, 0.6) is 0 Å². The minimum Gasteiger partial charge on any atom is -0.480 e. The Labute approximate surface area is 99.8 Å². The number of hydrogen-bond donors (Lipinski definition) is 3. The van der Waals surface area contributed by atoms with Gasteiger partial charge in [-0.05, 0) is 38.0 Å². The molecule has 0 aliphatic heterocycles. The summed E-state index contributed by atoms with van der Waals surface area (Å²) in [7, 11) is 0. The lowest BCUT2D eigenvalue weighted by atomic mass is 10.1. The molecule has 1 aromatic carbocycles. The van der Waals surface area contributed by atoms with E-state index in [9.17, 15) is 9.59 Å². The fourth-order valence-electron chi connectivity index (χ4n) is 1.29. The van der Waals surface area contributed by atoms with Crippen LogP contribution in [0.2, 0.25) is 0 Å². The molecule has 0 saturated heterocycles. The Morgan fingerprint density at radius 2 is 1.94 bits per heavy atom. The van der Waals surface area contributed by atoms with Crippen molar-refractivity contribution < 1.29 is 14.7 Å². The first-order chi connectivity index (χ1) is 7.90. The van der Waals surface area contributed by atoms with E-state index >= 15 is 0 Å². The summed E-state index contributed by atoms with van der Waals surface area (Å²) in [5, 5.41) is 13.6. The van der Waals surface area contributed by atoms with Crippen molar-refractivity contribution in [2.24, 2.45) is 0 Å². The maximum absolute atomic E-state index is 11.5. The van der Waals surface area contributed by atoms with Crippen molar-refractivity contribution in [3.05, 3.63) is 29.3 Å². The Kier molecular flexibility index (Phi) is 4.09. The summed E-state index contributed by atoms with van der Waals surface area (Å²) in [5.74, 6) is -1.07. The van der Waals surface area contributed by atoms with Gasteiger partial charge in [0.25, 0.3) is 0 Å². The lowest BCUT2D eigenvalue weighted by Crippen LogP contribution is -2.40. The molecule has 5 nitrogen and oxygen atoms in total. The summed E-state index contributed by atoms with van der Waals surface area (Å²) in [5.41, 5.74) is 2.63. The Morgan fingerprint density at radius 1 is 1.29 bits per heavy atom. The molecule has 0 aliphatic carbocycles. The van der Waals surface area contributed by atoms with Gasteiger partial charge in [0.15, 0.2) is 0 Å². The first-order valence-corrected chi connectivity index (χ1v) is 5.27. The predicted octanol–water partition coefficient (Wildman–Crippen LogP) is 1.90. The van der Waals surface area contributed by atoms with Crippen LogP contribution in [0.1, 0.15) is 18.1 Å². The van der Waals surface area contributed by atoms with E-state index in [4.69, 9.17) is 5.11 Å². The van der Waals surface area contributed by atoms with E-state index in [0.29, 0.717) is 5.69 Å². The average molecular weight is 236 g/mol. The first-order valence-electron chi connectivity index (χ1n) is 5.27. The Balaban J connectivity index is 2.68. The van der Waals surface area contributed by atoms with E-state index in [1.54, 1.807) is 0 Å². The Hall–Kier alpha value is -2.04. The largest absolute Gasteiger partial charge is 0.480 e. The number of aliphatic carboxylic acids is 1. The van der Waals surface area contributed by atoms with Crippen molar-refractivity contribution >= 4 is 17.7 Å². The molecule has 1 rings (SSSR count). The highest BCUT2D eigenvalue weighted by Crippen LogP contribution is 2.15. The highest BCUT2D eigenvalue weighted by molar-refractivity contribution is 5.92. The van der Waals surface area contributed by atoms with Crippen LogP contribution < -0.4 is 10.6 Å².